The van der Waals surface area contributed by atoms with E-state index in [1.807, 2.05) is 6.07 Å². The summed E-state index contributed by atoms with van der Waals surface area (Å²) in [6.07, 6.45) is 0. The van der Waals surface area contributed by atoms with Crippen molar-refractivity contribution in [3.05, 3.63) is 52.2 Å². The Morgan fingerprint density at radius 1 is 1.32 bits per heavy atom. The summed E-state index contributed by atoms with van der Waals surface area (Å²) in [6.45, 7) is 3.87. The van der Waals surface area contributed by atoms with Crippen LogP contribution in [-0.2, 0) is 19.6 Å². The molecule has 1 amide bonds. The number of nitriles is 1. The van der Waals surface area contributed by atoms with Gasteiger partial charge in [0.15, 0.2) is 0 Å². The van der Waals surface area contributed by atoms with Gasteiger partial charge in [-0.25, -0.2) is 22.9 Å². The number of sulfonamides is 1. The second-order valence-electron chi connectivity index (χ2n) is 6.85. The lowest BCUT2D eigenvalue weighted by Gasteiger charge is -2.39. The molecular weight excluding hydrogens is 444 g/mol. The Labute approximate surface area is 184 Å². The van der Waals surface area contributed by atoms with Gasteiger partial charge in [0.2, 0.25) is 5.91 Å². The highest BCUT2D eigenvalue weighted by Crippen LogP contribution is 2.28. The van der Waals surface area contributed by atoms with Gasteiger partial charge in [0, 0.05) is 18.1 Å². The van der Waals surface area contributed by atoms with Crippen LogP contribution in [0.1, 0.15) is 28.5 Å². The summed E-state index contributed by atoms with van der Waals surface area (Å²) < 4.78 is 31.8. The lowest BCUT2D eigenvalue weighted by Crippen LogP contribution is -2.55. The van der Waals surface area contributed by atoms with E-state index >= 15 is 0 Å². The van der Waals surface area contributed by atoms with Crippen LogP contribution in [0, 0.1) is 24.2 Å². The molecule has 11 heteroatoms. The molecule has 1 aromatic carbocycles. The van der Waals surface area contributed by atoms with Gasteiger partial charge in [-0.05, 0) is 44.2 Å². The van der Waals surface area contributed by atoms with Crippen molar-refractivity contribution >= 4 is 39.3 Å². The average Bonchev–Trinajstić information content (AvgIpc) is 2.67. The number of benzene rings is 1. The number of aromatic nitrogens is 1. The molecule has 0 unspecified atom stereocenters. The highest BCUT2D eigenvalue weighted by Gasteiger charge is 2.37. The molecule has 2 heterocycles. The molecule has 0 atom stereocenters. The molecule has 0 spiro atoms. The zero-order valence-electron chi connectivity index (χ0n) is 16.8. The van der Waals surface area contributed by atoms with Crippen LogP contribution < -0.4 is 9.62 Å². The summed E-state index contributed by atoms with van der Waals surface area (Å²) in [5, 5.41) is 9.83. The molecule has 1 fully saturated rings. The standard InChI is InChI=1S/C20H19ClN4O5S/c1-3-30-20(27)17-8-13(9-22)18(23-12(17)2)25-10-14(11-25)19(26)24-31(28,29)16-6-4-15(21)5-7-16/h4-8,14H,3,10-11H2,1-2H3,(H,24,26). The minimum absolute atomic E-state index is 0.0694. The van der Waals surface area contributed by atoms with Gasteiger partial charge in [0.1, 0.15) is 11.9 Å². The highest BCUT2D eigenvalue weighted by molar-refractivity contribution is 7.90. The number of anilines is 1. The first-order chi connectivity index (χ1) is 14.7. The normalized spacial score (nSPS) is 13.8. The Bertz CT molecular complexity index is 1170. The predicted octanol–water partition coefficient (Wildman–Crippen LogP) is 2.03. The van der Waals surface area contributed by atoms with Gasteiger partial charge in [0.05, 0.1) is 34.2 Å². The maximum Gasteiger partial charge on any atom is 0.340 e. The molecule has 162 valence electrons. The number of halogens is 1. The Kier molecular flexibility index (Phi) is 6.48. The van der Waals surface area contributed by atoms with E-state index in [2.05, 4.69) is 9.71 Å². The van der Waals surface area contributed by atoms with Crippen molar-refractivity contribution in [3.8, 4) is 6.07 Å². The molecule has 3 rings (SSSR count). The van der Waals surface area contributed by atoms with E-state index in [-0.39, 0.29) is 35.7 Å². The quantitative estimate of drug-likeness (QED) is 0.645. The zero-order chi connectivity index (χ0) is 22.8. The van der Waals surface area contributed by atoms with Crippen molar-refractivity contribution in [3.63, 3.8) is 0 Å². The number of hydrogen-bond donors (Lipinski definition) is 1. The first kappa shape index (κ1) is 22.5. The van der Waals surface area contributed by atoms with Crippen molar-refractivity contribution in [2.45, 2.75) is 18.7 Å². The molecule has 0 saturated carbocycles. The molecule has 1 N–H and O–H groups in total. The summed E-state index contributed by atoms with van der Waals surface area (Å²) in [7, 11) is -4.02. The van der Waals surface area contributed by atoms with E-state index in [0.29, 0.717) is 16.5 Å². The fraction of sp³-hybridized carbons (Fsp3) is 0.300. The molecule has 0 bridgehead atoms. The van der Waals surface area contributed by atoms with Gasteiger partial charge in [-0.15, -0.1) is 0 Å². The third-order valence-electron chi connectivity index (χ3n) is 4.72. The SMILES string of the molecule is CCOC(=O)c1cc(C#N)c(N2CC(C(=O)NS(=O)(=O)c3ccc(Cl)cc3)C2)nc1C. The summed E-state index contributed by atoms with van der Waals surface area (Å²) in [5.74, 6) is -1.48. The number of rotatable bonds is 6. The van der Waals surface area contributed by atoms with Crippen LogP contribution in [0.5, 0.6) is 0 Å². The van der Waals surface area contributed by atoms with Crippen LogP contribution in [-0.4, -0.2) is 45.0 Å². The van der Waals surface area contributed by atoms with Gasteiger partial charge < -0.3 is 9.64 Å². The minimum atomic E-state index is -4.02. The number of carbonyl (C=O) groups is 2. The topological polar surface area (TPSA) is 129 Å². The summed E-state index contributed by atoms with van der Waals surface area (Å²) in [4.78, 5) is 30.4. The van der Waals surface area contributed by atoms with Crippen molar-refractivity contribution < 1.29 is 22.7 Å². The van der Waals surface area contributed by atoms with E-state index in [1.54, 1.807) is 18.7 Å². The number of esters is 1. The van der Waals surface area contributed by atoms with Gasteiger partial charge in [0.25, 0.3) is 10.0 Å². The largest absolute Gasteiger partial charge is 0.462 e. The number of nitrogens with zero attached hydrogens (tertiary/aromatic N) is 3. The fourth-order valence-electron chi connectivity index (χ4n) is 3.04. The molecule has 1 aromatic heterocycles. The van der Waals surface area contributed by atoms with Crippen LogP contribution in [0.15, 0.2) is 35.2 Å². The fourth-order valence-corrected chi connectivity index (χ4v) is 4.21. The van der Waals surface area contributed by atoms with Crippen LogP contribution in [0.3, 0.4) is 0 Å². The average molecular weight is 463 g/mol. The van der Waals surface area contributed by atoms with Gasteiger partial charge in [-0.2, -0.15) is 5.26 Å². The molecule has 0 radical (unpaired) electrons. The number of hydrogen-bond acceptors (Lipinski definition) is 8. The number of amides is 1. The summed E-state index contributed by atoms with van der Waals surface area (Å²) in [5.41, 5.74) is 0.762. The second kappa shape index (κ2) is 8.91. The van der Waals surface area contributed by atoms with Crippen LogP contribution in [0.4, 0.5) is 5.82 Å². The molecule has 1 aliphatic heterocycles. The Morgan fingerprint density at radius 3 is 2.55 bits per heavy atom. The number of aryl methyl sites for hydroxylation is 1. The summed E-state index contributed by atoms with van der Waals surface area (Å²) in [6, 6.07) is 8.86. The Morgan fingerprint density at radius 2 is 1.97 bits per heavy atom. The Hall–Kier alpha value is -3.16. The van der Waals surface area contributed by atoms with Crippen LogP contribution in [0.25, 0.3) is 0 Å². The predicted molar refractivity (Wildman–Crippen MR) is 112 cm³/mol. The molecule has 9 nitrogen and oxygen atoms in total. The highest BCUT2D eigenvalue weighted by atomic mass is 35.5. The van der Waals surface area contributed by atoms with Crippen LogP contribution >= 0.6 is 11.6 Å². The maximum atomic E-state index is 12.4. The molecule has 1 saturated heterocycles. The van der Waals surface area contributed by atoms with Gasteiger partial charge in [-0.3, -0.25) is 4.79 Å². The van der Waals surface area contributed by atoms with Crippen molar-refractivity contribution in [1.82, 2.24) is 9.71 Å². The van der Waals surface area contributed by atoms with E-state index in [4.69, 9.17) is 16.3 Å². The third-order valence-corrected chi connectivity index (χ3v) is 6.33. The third kappa shape index (κ3) is 4.78. The number of carbonyl (C=O) groups excluding carboxylic acids is 2. The van der Waals surface area contributed by atoms with E-state index in [0.717, 1.165) is 0 Å². The zero-order valence-corrected chi connectivity index (χ0v) is 18.3. The van der Waals surface area contributed by atoms with Gasteiger partial charge >= 0.3 is 5.97 Å². The Balaban J connectivity index is 1.70. The van der Waals surface area contributed by atoms with E-state index < -0.39 is 27.8 Å². The molecule has 1 aliphatic rings. The lowest BCUT2D eigenvalue weighted by atomic mass is 9.98. The molecule has 31 heavy (non-hydrogen) atoms. The van der Waals surface area contributed by atoms with Crippen molar-refractivity contribution in [2.24, 2.45) is 5.92 Å². The van der Waals surface area contributed by atoms with Crippen LogP contribution in [0.2, 0.25) is 5.02 Å². The first-order valence-electron chi connectivity index (χ1n) is 9.32. The van der Waals surface area contributed by atoms with E-state index in [1.165, 1.54) is 30.3 Å². The van der Waals surface area contributed by atoms with Crippen molar-refractivity contribution in [2.75, 3.05) is 24.6 Å². The first-order valence-corrected chi connectivity index (χ1v) is 11.2. The number of pyridine rings is 1. The monoisotopic (exact) mass is 462 g/mol. The minimum Gasteiger partial charge on any atom is -0.462 e. The number of ether oxygens (including phenoxy) is 1. The van der Waals surface area contributed by atoms with Gasteiger partial charge in [-0.1, -0.05) is 11.6 Å². The number of nitrogens with one attached hydrogen (secondary N) is 1. The molecule has 2 aromatic rings. The molecule has 0 aliphatic carbocycles. The second-order valence-corrected chi connectivity index (χ2v) is 8.97. The lowest BCUT2D eigenvalue weighted by molar-refractivity contribution is -0.123. The van der Waals surface area contributed by atoms with E-state index in [9.17, 15) is 23.3 Å². The smallest absolute Gasteiger partial charge is 0.340 e. The van der Waals surface area contributed by atoms with Crippen molar-refractivity contribution in [1.29, 1.82) is 5.26 Å². The summed E-state index contributed by atoms with van der Waals surface area (Å²) >= 11 is 5.76. The maximum absolute atomic E-state index is 12.4. The molecular formula is C20H19ClN4O5S.